The van der Waals surface area contributed by atoms with Gasteiger partial charge in [-0.15, -0.1) is 0 Å². The van der Waals surface area contributed by atoms with Crippen molar-refractivity contribution >= 4 is 23.3 Å². The summed E-state index contributed by atoms with van der Waals surface area (Å²) in [5, 5.41) is 0.400. The van der Waals surface area contributed by atoms with E-state index in [0.29, 0.717) is 5.25 Å². The van der Waals surface area contributed by atoms with E-state index in [1.54, 1.807) is 11.8 Å². The third kappa shape index (κ3) is 2.73. The molecule has 0 bridgehead atoms. The van der Waals surface area contributed by atoms with Crippen LogP contribution in [0.25, 0.3) is 0 Å². The van der Waals surface area contributed by atoms with E-state index >= 15 is 0 Å². The highest BCUT2D eigenvalue weighted by molar-refractivity contribution is 8.01. The number of hydrogen-bond donors (Lipinski definition) is 1. The minimum atomic E-state index is 0.194. The van der Waals surface area contributed by atoms with Gasteiger partial charge in [0.05, 0.1) is 0 Å². The Kier molecular flexibility index (Phi) is 3.49. The Morgan fingerprint density at radius 1 is 1.50 bits per heavy atom. The maximum absolute atomic E-state index is 5.73. The Morgan fingerprint density at radius 2 is 2.17 bits per heavy atom. The van der Waals surface area contributed by atoms with Crippen LogP contribution >= 0.6 is 23.3 Å². The Hall–Kier alpha value is -0.130. The van der Waals surface area contributed by atoms with Crippen LogP contribution in [-0.4, -0.2) is 20.6 Å². The van der Waals surface area contributed by atoms with E-state index in [0.717, 1.165) is 10.2 Å². The Labute approximate surface area is 80.9 Å². The molecule has 0 aliphatic heterocycles. The van der Waals surface area contributed by atoms with Crippen LogP contribution in [-0.2, 0) is 0 Å². The molecule has 0 aromatic carbocycles. The zero-order valence-corrected chi connectivity index (χ0v) is 9.08. The molecule has 1 heterocycles. The molecule has 1 aromatic rings. The van der Waals surface area contributed by atoms with Crippen LogP contribution in [0.1, 0.15) is 19.7 Å². The molecule has 2 unspecified atom stereocenters. The van der Waals surface area contributed by atoms with E-state index in [4.69, 9.17) is 5.73 Å². The predicted octanol–water partition coefficient (Wildman–Crippen LogP) is 1.67. The van der Waals surface area contributed by atoms with Crippen LogP contribution in [0, 0.1) is 6.92 Å². The third-order valence-corrected chi connectivity index (χ3v) is 3.75. The van der Waals surface area contributed by atoms with Crippen molar-refractivity contribution < 1.29 is 0 Å². The average molecular weight is 203 g/mol. The monoisotopic (exact) mass is 203 g/mol. The molecule has 5 heteroatoms. The number of thioether (sulfide) groups is 1. The fraction of sp³-hybridized carbons (Fsp3) is 0.714. The lowest BCUT2D eigenvalue weighted by Crippen LogP contribution is -2.26. The van der Waals surface area contributed by atoms with Crippen molar-refractivity contribution in [2.24, 2.45) is 5.73 Å². The van der Waals surface area contributed by atoms with Crippen LogP contribution in [0.5, 0.6) is 0 Å². The fourth-order valence-corrected chi connectivity index (χ4v) is 2.47. The van der Waals surface area contributed by atoms with Gasteiger partial charge in [0.1, 0.15) is 5.82 Å². The van der Waals surface area contributed by atoms with Gasteiger partial charge in [-0.25, -0.2) is 4.98 Å². The van der Waals surface area contributed by atoms with Gasteiger partial charge in [0.25, 0.3) is 0 Å². The maximum Gasteiger partial charge on any atom is 0.170 e. The molecule has 0 spiro atoms. The van der Waals surface area contributed by atoms with Gasteiger partial charge in [-0.2, -0.15) is 4.37 Å². The van der Waals surface area contributed by atoms with Crippen LogP contribution in [0.2, 0.25) is 0 Å². The quantitative estimate of drug-likeness (QED) is 0.759. The maximum atomic E-state index is 5.73. The highest BCUT2D eigenvalue weighted by Crippen LogP contribution is 2.25. The van der Waals surface area contributed by atoms with Crippen LogP contribution in [0.4, 0.5) is 0 Å². The molecule has 0 saturated carbocycles. The summed E-state index contributed by atoms with van der Waals surface area (Å²) in [6.07, 6.45) is 0. The van der Waals surface area contributed by atoms with Gasteiger partial charge >= 0.3 is 0 Å². The zero-order chi connectivity index (χ0) is 9.14. The smallest absolute Gasteiger partial charge is 0.170 e. The SMILES string of the molecule is Cc1nsc(SC(C)C(C)N)n1. The van der Waals surface area contributed by atoms with Crippen molar-refractivity contribution in [3.63, 3.8) is 0 Å². The summed E-state index contributed by atoms with van der Waals surface area (Å²) in [5.74, 6) is 0.847. The molecule has 0 saturated heterocycles. The lowest BCUT2D eigenvalue weighted by molar-refractivity contribution is 0.730. The van der Waals surface area contributed by atoms with E-state index in [1.807, 2.05) is 13.8 Å². The predicted molar refractivity (Wildman–Crippen MR) is 53.6 cm³/mol. The first-order valence-electron chi connectivity index (χ1n) is 3.82. The summed E-state index contributed by atoms with van der Waals surface area (Å²) in [6, 6.07) is 0.194. The lowest BCUT2D eigenvalue weighted by atomic mass is 10.3. The molecule has 2 atom stereocenters. The van der Waals surface area contributed by atoms with Crippen molar-refractivity contribution in [2.45, 2.75) is 36.4 Å². The second-order valence-corrected chi connectivity index (χ2v) is 5.17. The molecule has 0 aliphatic carbocycles. The first-order valence-corrected chi connectivity index (χ1v) is 5.47. The van der Waals surface area contributed by atoms with Gasteiger partial charge in [-0.1, -0.05) is 18.7 Å². The number of aryl methyl sites for hydroxylation is 1. The molecule has 3 nitrogen and oxygen atoms in total. The summed E-state index contributed by atoms with van der Waals surface area (Å²) in [6.45, 7) is 6.01. The van der Waals surface area contributed by atoms with Gasteiger partial charge in [0, 0.05) is 11.3 Å². The van der Waals surface area contributed by atoms with Crippen molar-refractivity contribution in [2.75, 3.05) is 0 Å². The van der Waals surface area contributed by atoms with Crippen molar-refractivity contribution in [1.29, 1.82) is 0 Å². The second-order valence-electron chi connectivity index (χ2n) is 2.79. The number of nitrogens with two attached hydrogens (primary N) is 1. The molecule has 68 valence electrons. The molecule has 0 radical (unpaired) electrons. The van der Waals surface area contributed by atoms with Crippen molar-refractivity contribution in [3.05, 3.63) is 5.82 Å². The minimum Gasteiger partial charge on any atom is -0.327 e. The molecule has 2 N–H and O–H groups in total. The highest BCUT2D eigenvalue weighted by atomic mass is 32.2. The summed E-state index contributed by atoms with van der Waals surface area (Å²) in [7, 11) is 0. The first-order chi connectivity index (χ1) is 5.59. The van der Waals surface area contributed by atoms with E-state index in [1.165, 1.54) is 11.5 Å². The van der Waals surface area contributed by atoms with E-state index in [-0.39, 0.29) is 6.04 Å². The Balaban J connectivity index is 2.52. The molecular formula is C7H13N3S2. The largest absolute Gasteiger partial charge is 0.327 e. The number of rotatable bonds is 3. The first kappa shape index (κ1) is 9.95. The standard InChI is InChI=1S/C7H13N3S2/c1-4(8)5(2)11-7-9-6(3)10-12-7/h4-5H,8H2,1-3H3. The number of nitrogens with zero attached hydrogens (tertiary/aromatic N) is 2. The fourth-order valence-electron chi connectivity index (χ4n) is 0.592. The van der Waals surface area contributed by atoms with E-state index in [2.05, 4.69) is 16.3 Å². The average Bonchev–Trinajstić information content (AvgIpc) is 2.35. The van der Waals surface area contributed by atoms with Gasteiger partial charge in [0.2, 0.25) is 0 Å². The summed E-state index contributed by atoms with van der Waals surface area (Å²) in [4.78, 5) is 4.25. The molecular weight excluding hydrogens is 190 g/mol. The molecule has 12 heavy (non-hydrogen) atoms. The lowest BCUT2D eigenvalue weighted by Gasteiger charge is -2.11. The summed E-state index contributed by atoms with van der Waals surface area (Å²) >= 11 is 3.13. The van der Waals surface area contributed by atoms with Crippen LogP contribution in [0.3, 0.4) is 0 Å². The molecule has 1 aromatic heterocycles. The van der Waals surface area contributed by atoms with Gasteiger partial charge in [-0.05, 0) is 25.4 Å². The molecule has 0 amide bonds. The van der Waals surface area contributed by atoms with Crippen molar-refractivity contribution in [3.8, 4) is 0 Å². The normalized spacial score (nSPS) is 16.0. The Bertz CT molecular complexity index is 247. The molecule has 0 fully saturated rings. The van der Waals surface area contributed by atoms with Gasteiger partial charge < -0.3 is 5.73 Å². The van der Waals surface area contributed by atoms with Gasteiger partial charge in [-0.3, -0.25) is 0 Å². The third-order valence-electron chi connectivity index (χ3n) is 1.54. The Morgan fingerprint density at radius 3 is 2.58 bits per heavy atom. The number of aromatic nitrogens is 2. The zero-order valence-electron chi connectivity index (χ0n) is 7.44. The molecule has 1 rings (SSSR count). The van der Waals surface area contributed by atoms with E-state index < -0.39 is 0 Å². The summed E-state index contributed by atoms with van der Waals surface area (Å²) < 4.78 is 5.11. The summed E-state index contributed by atoms with van der Waals surface area (Å²) in [5.41, 5.74) is 5.73. The minimum absolute atomic E-state index is 0.194. The second kappa shape index (κ2) is 4.20. The van der Waals surface area contributed by atoms with E-state index in [9.17, 15) is 0 Å². The van der Waals surface area contributed by atoms with Crippen molar-refractivity contribution in [1.82, 2.24) is 9.36 Å². The van der Waals surface area contributed by atoms with Crippen LogP contribution in [0.15, 0.2) is 4.34 Å². The topological polar surface area (TPSA) is 51.8 Å². The molecule has 0 aliphatic rings. The van der Waals surface area contributed by atoms with Crippen LogP contribution < -0.4 is 5.73 Å². The van der Waals surface area contributed by atoms with Gasteiger partial charge in [0.15, 0.2) is 4.34 Å². The number of hydrogen-bond acceptors (Lipinski definition) is 5. The highest BCUT2D eigenvalue weighted by Gasteiger charge is 2.11.